The van der Waals surface area contributed by atoms with Gasteiger partial charge in [0.05, 0.1) is 6.54 Å². The maximum absolute atomic E-state index is 11.8. The summed E-state index contributed by atoms with van der Waals surface area (Å²) in [6, 6.07) is 5.99. The number of aryl methyl sites for hydroxylation is 2. The fourth-order valence-corrected chi connectivity index (χ4v) is 1.66. The summed E-state index contributed by atoms with van der Waals surface area (Å²) in [4.78, 5) is 11.8. The van der Waals surface area contributed by atoms with Gasteiger partial charge in [-0.3, -0.25) is 4.79 Å². The molecule has 0 aromatic heterocycles. The van der Waals surface area contributed by atoms with Crippen molar-refractivity contribution in [1.82, 2.24) is 5.32 Å². The normalized spacial score (nSPS) is 10.0. The predicted molar refractivity (Wildman–Crippen MR) is 76.8 cm³/mol. The predicted octanol–water partition coefficient (Wildman–Crippen LogP) is 2.80. The molecule has 3 nitrogen and oxygen atoms in total. The average molecular weight is 246 g/mol. The zero-order valence-electron chi connectivity index (χ0n) is 11.6. The van der Waals surface area contributed by atoms with E-state index in [2.05, 4.69) is 16.7 Å². The molecule has 0 unspecified atom stereocenters. The van der Waals surface area contributed by atoms with Gasteiger partial charge in [-0.2, -0.15) is 0 Å². The first-order valence-corrected chi connectivity index (χ1v) is 6.21. The first-order chi connectivity index (χ1) is 8.50. The van der Waals surface area contributed by atoms with Crippen LogP contribution in [0, 0.1) is 13.8 Å². The third kappa shape index (κ3) is 4.72. The van der Waals surface area contributed by atoms with Crippen LogP contribution in [-0.4, -0.2) is 19.0 Å². The molecule has 0 bridgehead atoms. The van der Waals surface area contributed by atoms with Gasteiger partial charge in [-0.05, 0) is 38.8 Å². The summed E-state index contributed by atoms with van der Waals surface area (Å²) in [6.07, 6.45) is 2.06. The molecular weight excluding hydrogens is 224 g/mol. The van der Waals surface area contributed by atoms with E-state index in [1.807, 2.05) is 45.9 Å². The first kappa shape index (κ1) is 14.5. The van der Waals surface area contributed by atoms with E-state index in [9.17, 15) is 4.79 Å². The first-order valence-electron chi connectivity index (χ1n) is 6.21. The van der Waals surface area contributed by atoms with Gasteiger partial charge in [0.2, 0.25) is 5.91 Å². The summed E-state index contributed by atoms with van der Waals surface area (Å²) >= 11 is 0. The van der Waals surface area contributed by atoms with Crippen LogP contribution in [0.3, 0.4) is 0 Å². The molecule has 0 saturated heterocycles. The highest BCUT2D eigenvalue weighted by Gasteiger charge is 2.06. The van der Waals surface area contributed by atoms with Crippen molar-refractivity contribution in [3.05, 3.63) is 41.0 Å². The second-order valence-electron chi connectivity index (χ2n) is 4.73. The number of carbonyl (C=O) groups is 1. The lowest BCUT2D eigenvalue weighted by atomic mass is 10.1. The number of rotatable bonds is 5. The third-order valence-electron chi connectivity index (χ3n) is 2.69. The highest BCUT2D eigenvalue weighted by Crippen LogP contribution is 2.18. The summed E-state index contributed by atoms with van der Waals surface area (Å²) in [6.45, 7) is 9.13. The van der Waals surface area contributed by atoms with Crippen LogP contribution in [0.1, 0.15) is 25.0 Å². The Hall–Kier alpha value is -1.61. The number of allylic oxidation sites excluding steroid dienone is 1. The highest BCUT2D eigenvalue weighted by atomic mass is 16.1. The zero-order valence-corrected chi connectivity index (χ0v) is 11.6. The van der Waals surface area contributed by atoms with E-state index in [1.54, 1.807) is 0 Å². The van der Waals surface area contributed by atoms with Gasteiger partial charge in [0.25, 0.3) is 0 Å². The Labute approximate surface area is 109 Å². The Balaban J connectivity index is 2.48. The van der Waals surface area contributed by atoms with Crippen LogP contribution in [0.25, 0.3) is 0 Å². The van der Waals surface area contributed by atoms with E-state index in [0.29, 0.717) is 6.54 Å². The van der Waals surface area contributed by atoms with Gasteiger partial charge in [0, 0.05) is 12.2 Å². The number of nitrogens with one attached hydrogen (secondary N) is 2. The van der Waals surface area contributed by atoms with Gasteiger partial charge >= 0.3 is 0 Å². The summed E-state index contributed by atoms with van der Waals surface area (Å²) in [7, 11) is 0. The Morgan fingerprint density at radius 3 is 2.39 bits per heavy atom. The maximum atomic E-state index is 11.8. The molecule has 1 aromatic carbocycles. The molecule has 1 rings (SSSR count). The lowest BCUT2D eigenvalue weighted by molar-refractivity contribution is -0.115. The number of anilines is 1. The Morgan fingerprint density at radius 1 is 1.22 bits per heavy atom. The SMILES string of the molecule is CC(C)=CCNCC(=O)Nc1c(C)cccc1C. The Bertz CT molecular complexity index is 426. The van der Waals surface area contributed by atoms with Gasteiger partial charge in [0.15, 0.2) is 0 Å². The molecule has 0 atom stereocenters. The standard InChI is InChI=1S/C15H22N2O/c1-11(2)8-9-16-10-14(18)17-15-12(3)6-5-7-13(15)4/h5-8,16H,9-10H2,1-4H3,(H,17,18). The molecule has 0 aliphatic carbocycles. The van der Waals surface area contributed by atoms with Gasteiger partial charge in [-0.25, -0.2) is 0 Å². The topological polar surface area (TPSA) is 41.1 Å². The van der Waals surface area contributed by atoms with Crippen LogP contribution in [0.15, 0.2) is 29.8 Å². The number of amides is 1. The summed E-state index contributed by atoms with van der Waals surface area (Å²) in [5, 5.41) is 6.03. The lowest BCUT2D eigenvalue weighted by Gasteiger charge is -2.11. The van der Waals surface area contributed by atoms with Crippen molar-refractivity contribution in [2.45, 2.75) is 27.7 Å². The van der Waals surface area contributed by atoms with Gasteiger partial charge < -0.3 is 10.6 Å². The average Bonchev–Trinajstić information content (AvgIpc) is 2.29. The second-order valence-corrected chi connectivity index (χ2v) is 4.73. The highest BCUT2D eigenvalue weighted by molar-refractivity contribution is 5.93. The zero-order chi connectivity index (χ0) is 13.5. The summed E-state index contributed by atoms with van der Waals surface area (Å²) < 4.78 is 0. The monoisotopic (exact) mass is 246 g/mol. The van der Waals surface area contributed by atoms with E-state index in [1.165, 1.54) is 5.57 Å². The van der Waals surface area contributed by atoms with Crippen molar-refractivity contribution in [2.75, 3.05) is 18.4 Å². The van der Waals surface area contributed by atoms with Crippen LogP contribution in [-0.2, 0) is 4.79 Å². The molecule has 98 valence electrons. The molecule has 0 spiro atoms. The summed E-state index contributed by atoms with van der Waals surface area (Å²) in [5.41, 5.74) is 4.35. The molecule has 0 radical (unpaired) electrons. The van der Waals surface area contributed by atoms with Crippen LogP contribution in [0.2, 0.25) is 0 Å². The quantitative estimate of drug-likeness (QED) is 0.619. The minimum atomic E-state index is -0.00504. The van der Waals surface area contributed by atoms with Crippen molar-refractivity contribution in [2.24, 2.45) is 0 Å². The molecule has 1 amide bonds. The van der Waals surface area contributed by atoms with E-state index in [-0.39, 0.29) is 5.91 Å². The van der Waals surface area contributed by atoms with Gasteiger partial charge in [0.1, 0.15) is 0 Å². The molecular formula is C15H22N2O. The van der Waals surface area contributed by atoms with E-state index < -0.39 is 0 Å². The van der Waals surface area contributed by atoms with E-state index in [4.69, 9.17) is 0 Å². The van der Waals surface area contributed by atoms with Crippen LogP contribution in [0.5, 0.6) is 0 Å². The van der Waals surface area contributed by atoms with Gasteiger partial charge in [-0.1, -0.05) is 29.8 Å². The fourth-order valence-electron chi connectivity index (χ4n) is 1.66. The largest absolute Gasteiger partial charge is 0.324 e. The van der Waals surface area contributed by atoms with Crippen molar-refractivity contribution in [1.29, 1.82) is 0 Å². The molecule has 18 heavy (non-hydrogen) atoms. The molecule has 3 heteroatoms. The number of benzene rings is 1. The molecule has 0 heterocycles. The molecule has 0 fully saturated rings. The Kier molecular flexibility index (Phi) is 5.59. The Morgan fingerprint density at radius 2 is 1.83 bits per heavy atom. The molecule has 1 aromatic rings. The van der Waals surface area contributed by atoms with Crippen molar-refractivity contribution >= 4 is 11.6 Å². The van der Waals surface area contributed by atoms with Crippen LogP contribution < -0.4 is 10.6 Å². The number of para-hydroxylation sites is 1. The minimum Gasteiger partial charge on any atom is -0.324 e. The second kappa shape index (κ2) is 6.97. The van der Waals surface area contributed by atoms with Crippen LogP contribution >= 0.6 is 0 Å². The van der Waals surface area contributed by atoms with Gasteiger partial charge in [-0.15, -0.1) is 0 Å². The van der Waals surface area contributed by atoms with Crippen molar-refractivity contribution < 1.29 is 4.79 Å². The van der Waals surface area contributed by atoms with Crippen molar-refractivity contribution in [3.63, 3.8) is 0 Å². The third-order valence-corrected chi connectivity index (χ3v) is 2.69. The number of hydrogen-bond donors (Lipinski definition) is 2. The maximum Gasteiger partial charge on any atom is 0.238 e. The van der Waals surface area contributed by atoms with E-state index >= 15 is 0 Å². The molecule has 0 saturated carbocycles. The van der Waals surface area contributed by atoms with E-state index in [0.717, 1.165) is 23.4 Å². The number of hydrogen-bond acceptors (Lipinski definition) is 2. The molecule has 0 aliphatic rings. The lowest BCUT2D eigenvalue weighted by Crippen LogP contribution is -2.28. The number of carbonyl (C=O) groups excluding carboxylic acids is 1. The van der Waals surface area contributed by atoms with Crippen LogP contribution in [0.4, 0.5) is 5.69 Å². The smallest absolute Gasteiger partial charge is 0.238 e. The molecule has 2 N–H and O–H groups in total. The molecule has 0 aliphatic heterocycles. The minimum absolute atomic E-state index is 0.00504. The fraction of sp³-hybridized carbons (Fsp3) is 0.400. The summed E-state index contributed by atoms with van der Waals surface area (Å²) in [5.74, 6) is -0.00504. The van der Waals surface area contributed by atoms with Crippen molar-refractivity contribution in [3.8, 4) is 0 Å².